The first-order valence-electron chi connectivity index (χ1n) is 7.12. The molecule has 0 radical (unpaired) electrons. The number of ether oxygens (including phenoxy) is 1. The second-order valence-electron chi connectivity index (χ2n) is 5.13. The van der Waals surface area contributed by atoms with Crippen LogP contribution < -0.4 is 5.19 Å². The molecular weight excluding hydrogens is 250 g/mol. The maximum Gasteiger partial charge on any atom is 0.101 e. The molecule has 0 spiro atoms. The van der Waals surface area contributed by atoms with E-state index < -0.39 is 8.80 Å². The Morgan fingerprint density at radius 1 is 1.32 bits per heavy atom. The lowest BCUT2D eigenvalue weighted by molar-refractivity contribution is 0.191. The van der Waals surface area contributed by atoms with E-state index in [9.17, 15) is 0 Å². The minimum Gasteiger partial charge on any atom is -0.385 e. The van der Waals surface area contributed by atoms with E-state index in [1.165, 1.54) is 23.2 Å². The van der Waals surface area contributed by atoms with Crippen LogP contribution >= 0.6 is 0 Å². The summed E-state index contributed by atoms with van der Waals surface area (Å²) in [6.45, 7) is 7.98. The van der Waals surface area contributed by atoms with Gasteiger partial charge in [-0.05, 0) is 39.5 Å². The van der Waals surface area contributed by atoms with Gasteiger partial charge in [0.2, 0.25) is 0 Å². The van der Waals surface area contributed by atoms with Gasteiger partial charge in [-0.1, -0.05) is 48.2 Å². The molecule has 0 bridgehead atoms. The first kappa shape index (κ1) is 16.2. The molecule has 1 aromatic rings. The maximum atomic E-state index is 5.72. The van der Waals surface area contributed by atoms with Crippen molar-refractivity contribution >= 4 is 20.1 Å². The Morgan fingerprint density at radius 3 is 2.68 bits per heavy atom. The molecule has 0 aliphatic rings. The fraction of sp³-hybridized carbons (Fsp3) is 0.500. The molecule has 1 atom stereocenters. The highest BCUT2D eigenvalue weighted by Gasteiger charge is 2.16. The highest BCUT2D eigenvalue weighted by Crippen LogP contribution is 2.06. The van der Waals surface area contributed by atoms with Crippen molar-refractivity contribution in [3.05, 3.63) is 36.4 Å². The number of hydrogen-bond acceptors (Lipinski definition) is 2. The second kappa shape index (κ2) is 9.07. The van der Waals surface area contributed by atoms with Crippen molar-refractivity contribution < 1.29 is 4.74 Å². The van der Waals surface area contributed by atoms with Crippen molar-refractivity contribution in [3.63, 3.8) is 0 Å². The molecule has 2 nitrogen and oxygen atoms in total. The SMILES string of the molecule is C=Cc1ccccc1[SiH](CCCN(C)C)COCC. The molecule has 106 valence electrons. The zero-order chi connectivity index (χ0) is 14.1. The molecule has 0 N–H and O–H groups in total. The van der Waals surface area contributed by atoms with Gasteiger partial charge in [-0.15, -0.1) is 0 Å². The van der Waals surface area contributed by atoms with Gasteiger partial charge in [0, 0.05) is 12.8 Å². The van der Waals surface area contributed by atoms with Crippen molar-refractivity contribution in [2.45, 2.75) is 19.4 Å². The van der Waals surface area contributed by atoms with Gasteiger partial charge in [0.1, 0.15) is 8.80 Å². The van der Waals surface area contributed by atoms with Gasteiger partial charge in [-0.25, -0.2) is 0 Å². The van der Waals surface area contributed by atoms with Crippen LogP contribution in [0, 0.1) is 0 Å². The Hall–Kier alpha value is -0.903. The lowest BCUT2D eigenvalue weighted by atomic mass is 10.2. The summed E-state index contributed by atoms with van der Waals surface area (Å²) in [6.07, 6.45) is 4.17. The van der Waals surface area contributed by atoms with Crippen molar-refractivity contribution in [3.8, 4) is 0 Å². The largest absolute Gasteiger partial charge is 0.385 e. The van der Waals surface area contributed by atoms with E-state index in [0.717, 1.165) is 19.4 Å². The number of hydrogen-bond donors (Lipinski definition) is 0. The highest BCUT2D eigenvalue weighted by molar-refractivity contribution is 6.73. The minimum atomic E-state index is -1.05. The Bertz CT molecular complexity index is 379. The van der Waals surface area contributed by atoms with Gasteiger partial charge in [0.15, 0.2) is 0 Å². The van der Waals surface area contributed by atoms with Crippen molar-refractivity contribution in [1.29, 1.82) is 0 Å². The number of nitrogens with zero attached hydrogens (tertiary/aromatic N) is 1. The zero-order valence-corrected chi connectivity index (χ0v) is 13.7. The molecule has 0 aromatic heterocycles. The standard InChI is InChI=1S/C16H27NOSi/c1-5-15-10-7-8-11-16(15)19(14-18-6-2)13-9-12-17(3)4/h5,7-8,10-11,19H,1,6,9,12-14H2,2-4H3. The molecule has 0 saturated heterocycles. The Labute approximate surface area is 119 Å². The van der Waals surface area contributed by atoms with E-state index in [1.807, 2.05) is 6.08 Å². The van der Waals surface area contributed by atoms with E-state index in [2.05, 4.69) is 56.8 Å². The van der Waals surface area contributed by atoms with Gasteiger partial charge in [-0.2, -0.15) is 0 Å². The summed E-state index contributed by atoms with van der Waals surface area (Å²) in [7, 11) is 3.23. The quantitative estimate of drug-likeness (QED) is 0.642. The molecule has 1 aromatic carbocycles. The van der Waals surface area contributed by atoms with E-state index in [4.69, 9.17) is 4.74 Å². The predicted octanol–water partition coefficient (Wildman–Crippen LogP) is 2.29. The summed E-state index contributed by atoms with van der Waals surface area (Å²) in [5.41, 5.74) is 1.30. The molecule has 1 unspecified atom stereocenters. The van der Waals surface area contributed by atoms with Crippen LogP contribution in [0.5, 0.6) is 0 Å². The van der Waals surface area contributed by atoms with Crippen LogP contribution in [-0.4, -0.2) is 47.2 Å². The summed E-state index contributed by atoms with van der Waals surface area (Å²) in [4.78, 5) is 2.26. The monoisotopic (exact) mass is 277 g/mol. The molecule has 3 heteroatoms. The average Bonchev–Trinajstić information content (AvgIpc) is 2.42. The van der Waals surface area contributed by atoms with Crippen LogP contribution in [0.4, 0.5) is 0 Å². The van der Waals surface area contributed by atoms with E-state index in [0.29, 0.717) is 0 Å². The molecule has 0 aliphatic carbocycles. The Morgan fingerprint density at radius 2 is 2.05 bits per heavy atom. The predicted molar refractivity (Wildman–Crippen MR) is 87.8 cm³/mol. The molecule has 0 amide bonds. The summed E-state index contributed by atoms with van der Waals surface area (Å²) in [6, 6.07) is 9.96. The molecular formula is C16H27NOSi. The molecule has 0 aliphatic heterocycles. The molecule has 0 heterocycles. The lowest BCUT2D eigenvalue weighted by Gasteiger charge is -2.19. The van der Waals surface area contributed by atoms with Gasteiger partial charge in [0.25, 0.3) is 0 Å². The first-order valence-corrected chi connectivity index (χ1v) is 9.33. The summed E-state index contributed by atoms with van der Waals surface area (Å²) < 4.78 is 5.72. The first-order chi connectivity index (χ1) is 9.19. The van der Waals surface area contributed by atoms with Gasteiger partial charge in [-0.3, -0.25) is 0 Å². The Balaban J connectivity index is 2.73. The summed E-state index contributed by atoms with van der Waals surface area (Å²) in [5.74, 6) is 0. The van der Waals surface area contributed by atoms with Gasteiger partial charge in [0.05, 0.1) is 0 Å². The van der Waals surface area contributed by atoms with Crippen LogP contribution in [0.2, 0.25) is 6.04 Å². The van der Waals surface area contributed by atoms with Crippen molar-refractivity contribution in [2.24, 2.45) is 0 Å². The van der Waals surface area contributed by atoms with Gasteiger partial charge < -0.3 is 9.64 Å². The lowest BCUT2D eigenvalue weighted by Crippen LogP contribution is -2.37. The molecule has 0 fully saturated rings. The molecule has 19 heavy (non-hydrogen) atoms. The third-order valence-corrected chi connectivity index (χ3v) is 6.49. The van der Waals surface area contributed by atoms with Crippen LogP contribution in [0.15, 0.2) is 30.8 Å². The average molecular weight is 277 g/mol. The molecule has 1 rings (SSSR count). The third-order valence-electron chi connectivity index (χ3n) is 3.34. The number of benzene rings is 1. The second-order valence-corrected chi connectivity index (χ2v) is 8.06. The fourth-order valence-corrected chi connectivity index (χ4v) is 5.23. The summed E-state index contributed by atoms with van der Waals surface area (Å²) in [5, 5.41) is 1.50. The van der Waals surface area contributed by atoms with Gasteiger partial charge >= 0.3 is 0 Å². The van der Waals surface area contributed by atoms with E-state index in [1.54, 1.807) is 0 Å². The smallest absolute Gasteiger partial charge is 0.101 e. The van der Waals surface area contributed by atoms with E-state index >= 15 is 0 Å². The fourth-order valence-electron chi connectivity index (χ4n) is 2.31. The van der Waals surface area contributed by atoms with Crippen LogP contribution in [0.3, 0.4) is 0 Å². The van der Waals surface area contributed by atoms with Crippen LogP contribution in [-0.2, 0) is 4.74 Å². The normalized spacial score (nSPS) is 12.6. The Kier molecular flexibility index (Phi) is 7.71. The summed E-state index contributed by atoms with van der Waals surface area (Å²) >= 11 is 0. The topological polar surface area (TPSA) is 12.5 Å². The number of rotatable bonds is 9. The van der Waals surface area contributed by atoms with Crippen molar-refractivity contribution in [2.75, 3.05) is 33.5 Å². The van der Waals surface area contributed by atoms with E-state index in [-0.39, 0.29) is 0 Å². The molecule has 0 saturated carbocycles. The van der Waals surface area contributed by atoms with Crippen LogP contribution in [0.1, 0.15) is 18.9 Å². The maximum absolute atomic E-state index is 5.72. The highest BCUT2D eigenvalue weighted by atomic mass is 28.3. The third kappa shape index (κ3) is 5.72. The zero-order valence-electron chi connectivity index (χ0n) is 12.6. The van der Waals surface area contributed by atoms with Crippen molar-refractivity contribution in [1.82, 2.24) is 4.90 Å². The minimum absolute atomic E-state index is 0.813. The van der Waals surface area contributed by atoms with Crippen LogP contribution in [0.25, 0.3) is 6.08 Å².